The molecule has 0 aromatic heterocycles. The Morgan fingerprint density at radius 3 is 2.62 bits per heavy atom. The Balaban J connectivity index is 2.88. The Bertz CT molecular complexity index is 283. The van der Waals surface area contributed by atoms with Crippen LogP contribution in [-0.4, -0.2) is 6.61 Å². The average Bonchev–Trinajstić information content (AvgIpc) is 2.04. The molecule has 0 spiro atoms. The molecule has 0 radical (unpaired) electrons. The van der Waals surface area contributed by atoms with Gasteiger partial charge in [0.25, 0.3) is 0 Å². The molecule has 2 N–H and O–H groups in total. The van der Waals surface area contributed by atoms with Crippen LogP contribution in [0.1, 0.15) is 29.5 Å². The summed E-state index contributed by atoms with van der Waals surface area (Å²) >= 11 is 0. The van der Waals surface area contributed by atoms with E-state index < -0.39 is 0 Å². The average molecular weight is 179 g/mol. The molecule has 0 heterocycles. The second-order valence-corrected chi connectivity index (χ2v) is 3.59. The fourth-order valence-corrected chi connectivity index (χ4v) is 1.61. The Morgan fingerprint density at radius 1 is 1.38 bits per heavy atom. The quantitative estimate of drug-likeness (QED) is 0.722. The van der Waals surface area contributed by atoms with Crippen LogP contribution in [0.25, 0.3) is 0 Å². The van der Waals surface area contributed by atoms with E-state index in [4.69, 9.17) is 5.90 Å². The molecule has 0 amide bonds. The van der Waals surface area contributed by atoms with Gasteiger partial charge in [-0.25, -0.2) is 5.90 Å². The first kappa shape index (κ1) is 10.2. The number of nitrogens with two attached hydrogens (primary N) is 1. The van der Waals surface area contributed by atoms with Gasteiger partial charge in [0.15, 0.2) is 0 Å². The van der Waals surface area contributed by atoms with Crippen LogP contribution < -0.4 is 5.90 Å². The number of hydrogen-bond donors (Lipinski definition) is 1. The van der Waals surface area contributed by atoms with E-state index in [9.17, 15) is 0 Å². The maximum Gasteiger partial charge on any atom is 0.0745 e. The summed E-state index contributed by atoms with van der Waals surface area (Å²) < 4.78 is 0. The van der Waals surface area contributed by atoms with Crippen LogP contribution in [0.15, 0.2) is 18.2 Å². The van der Waals surface area contributed by atoms with Crippen molar-refractivity contribution in [2.75, 3.05) is 6.61 Å². The molecule has 13 heavy (non-hydrogen) atoms. The fourth-order valence-electron chi connectivity index (χ4n) is 1.61. The van der Waals surface area contributed by atoms with Gasteiger partial charge in [-0.05, 0) is 25.0 Å². The fraction of sp³-hybridized carbons (Fsp3) is 0.455. The van der Waals surface area contributed by atoms with Crippen molar-refractivity contribution in [1.29, 1.82) is 0 Å². The summed E-state index contributed by atoms with van der Waals surface area (Å²) in [6.07, 6.45) is 0. The molecule has 1 aromatic carbocycles. The zero-order chi connectivity index (χ0) is 9.84. The normalized spacial score (nSPS) is 12.9. The third kappa shape index (κ3) is 2.54. The highest BCUT2D eigenvalue weighted by Gasteiger charge is 2.07. The lowest BCUT2D eigenvalue weighted by Gasteiger charge is -2.13. The van der Waals surface area contributed by atoms with Crippen molar-refractivity contribution in [3.05, 3.63) is 34.9 Å². The molecule has 1 aromatic rings. The molecule has 1 atom stereocenters. The van der Waals surface area contributed by atoms with Crippen molar-refractivity contribution in [3.63, 3.8) is 0 Å². The second-order valence-electron chi connectivity index (χ2n) is 3.59. The van der Waals surface area contributed by atoms with Gasteiger partial charge in [0.1, 0.15) is 0 Å². The minimum Gasteiger partial charge on any atom is -0.304 e. The van der Waals surface area contributed by atoms with Crippen LogP contribution in [0.3, 0.4) is 0 Å². The summed E-state index contributed by atoms with van der Waals surface area (Å²) in [4.78, 5) is 4.64. The van der Waals surface area contributed by atoms with E-state index in [1.54, 1.807) is 0 Å². The van der Waals surface area contributed by atoms with Gasteiger partial charge in [-0.15, -0.1) is 0 Å². The topological polar surface area (TPSA) is 35.2 Å². The molecule has 0 saturated heterocycles. The monoisotopic (exact) mass is 179 g/mol. The minimum atomic E-state index is 0.366. The smallest absolute Gasteiger partial charge is 0.0745 e. The minimum absolute atomic E-state index is 0.366. The lowest BCUT2D eigenvalue weighted by Crippen LogP contribution is -2.09. The summed E-state index contributed by atoms with van der Waals surface area (Å²) in [6, 6.07) is 6.45. The lowest BCUT2D eigenvalue weighted by molar-refractivity contribution is 0.126. The molecule has 0 aliphatic heterocycles. The van der Waals surface area contributed by atoms with E-state index in [0.717, 1.165) is 0 Å². The SMILES string of the molecule is Cc1ccc(C(C)CON)c(C)c1. The molecule has 0 aliphatic rings. The Kier molecular flexibility index (Phi) is 3.46. The van der Waals surface area contributed by atoms with Crippen LogP contribution in [0.2, 0.25) is 0 Å². The van der Waals surface area contributed by atoms with Crippen molar-refractivity contribution in [2.45, 2.75) is 26.7 Å². The third-order valence-corrected chi connectivity index (χ3v) is 2.30. The first-order valence-corrected chi connectivity index (χ1v) is 4.54. The van der Waals surface area contributed by atoms with Crippen LogP contribution in [0, 0.1) is 13.8 Å². The highest BCUT2D eigenvalue weighted by molar-refractivity contribution is 5.32. The molecule has 0 bridgehead atoms. The summed E-state index contributed by atoms with van der Waals surface area (Å²) in [7, 11) is 0. The van der Waals surface area contributed by atoms with E-state index in [1.807, 2.05) is 0 Å². The predicted octanol–water partition coefficient (Wildman–Crippen LogP) is 2.30. The zero-order valence-electron chi connectivity index (χ0n) is 8.50. The molecule has 2 heteroatoms. The lowest BCUT2D eigenvalue weighted by atomic mass is 9.96. The van der Waals surface area contributed by atoms with Gasteiger partial charge in [-0.2, -0.15) is 0 Å². The van der Waals surface area contributed by atoms with Crippen molar-refractivity contribution in [1.82, 2.24) is 0 Å². The van der Waals surface area contributed by atoms with E-state index in [2.05, 4.69) is 43.8 Å². The Hall–Kier alpha value is -0.860. The van der Waals surface area contributed by atoms with Gasteiger partial charge in [0, 0.05) is 5.92 Å². The van der Waals surface area contributed by atoms with Gasteiger partial charge in [0.2, 0.25) is 0 Å². The summed E-state index contributed by atoms with van der Waals surface area (Å²) in [5, 5.41) is 0. The van der Waals surface area contributed by atoms with Crippen molar-refractivity contribution >= 4 is 0 Å². The Labute approximate surface area is 79.7 Å². The third-order valence-electron chi connectivity index (χ3n) is 2.30. The van der Waals surface area contributed by atoms with Gasteiger partial charge >= 0.3 is 0 Å². The summed E-state index contributed by atoms with van der Waals surface area (Å²) in [5.74, 6) is 5.41. The van der Waals surface area contributed by atoms with E-state index in [0.29, 0.717) is 12.5 Å². The van der Waals surface area contributed by atoms with Crippen molar-refractivity contribution < 1.29 is 4.84 Å². The van der Waals surface area contributed by atoms with Gasteiger partial charge in [-0.1, -0.05) is 30.7 Å². The number of hydrogen-bond acceptors (Lipinski definition) is 2. The van der Waals surface area contributed by atoms with Crippen LogP contribution in [-0.2, 0) is 4.84 Å². The predicted molar refractivity (Wildman–Crippen MR) is 54.5 cm³/mol. The molecule has 1 rings (SSSR count). The van der Waals surface area contributed by atoms with Crippen LogP contribution in [0.5, 0.6) is 0 Å². The maximum atomic E-state index is 5.05. The molecule has 0 saturated carbocycles. The molecule has 0 aliphatic carbocycles. The first-order valence-electron chi connectivity index (χ1n) is 4.54. The molecule has 2 nitrogen and oxygen atoms in total. The van der Waals surface area contributed by atoms with E-state index in [1.165, 1.54) is 16.7 Å². The van der Waals surface area contributed by atoms with E-state index in [-0.39, 0.29) is 0 Å². The van der Waals surface area contributed by atoms with E-state index >= 15 is 0 Å². The molecule has 72 valence electrons. The van der Waals surface area contributed by atoms with Gasteiger partial charge in [-0.3, -0.25) is 0 Å². The van der Waals surface area contributed by atoms with Crippen LogP contribution >= 0.6 is 0 Å². The highest BCUT2D eigenvalue weighted by Crippen LogP contribution is 2.20. The summed E-state index contributed by atoms with van der Waals surface area (Å²) in [5.41, 5.74) is 3.92. The maximum absolute atomic E-state index is 5.05. The molecule has 1 unspecified atom stereocenters. The molecular weight excluding hydrogens is 162 g/mol. The Morgan fingerprint density at radius 2 is 2.08 bits per heavy atom. The highest BCUT2D eigenvalue weighted by atomic mass is 16.6. The standard InChI is InChI=1S/C11H17NO/c1-8-4-5-11(9(2)6-8)10(3)7-13-12/h4-6,10H,7,12H2,1-3H3. The first-order chi connectivity index (χ1) is 6.15. The number of aryl methyl sites for hydroxylation is 2. The van der Waals surface area contributed by atoms with Crippen LogP contribution in [0.4, 0.5) is 0 Å². The zero-order valence-corrected chi connectivity index (χ0v) is 8.50. The van der Waals surface area contributed by atoms with Crippen molar-refractivity contribution in [3.8, 4) is 0 Å². The second kappa shape index (κ2) is 4.40. The summed E-state index contributed by atoms with van der Waals surface area (Å²) in [6.45, 7) is 6.91. The number of benzene rings is 1. The molecule has 0 fully saturated rings. The molecular formula is C11H17NO. The largest absolute Gasteiger partial charge is 0.304 e. The van der Waals surface area contributed by atoms with Crippen molar-refractivity contribution in [2.24, 2.45) is 5.90 Å². The number of rotatable bonds is 3. The van der Waals surface area contributed by atoms with Gasteiger partial charge in [0.05, 0.1) is 6.61 Å². The van der Waals surface area contributed by atoms with Gasteiger partial charge < -0.3 is 4.84 Å².